The third-order valence-electron chi connectivity index (χ3n) is 4.42. The number of para-hydroxylation sites is 1. The second-order valence-corrected chi connectivity index (χ2v) is 6.31. The van der Waals surface area contributed by atoms with E-state index >= 15 is 0 Å². The van der Waals surface area contributed by atoms with Gasteiger partial charge in [0.25, 0.3) is 0 Å². The first-order valence-corrected chi connectivity index (χ1v) is 8.56. The molecule has 136 valence electrons. The first-order valence-electron chi connectivity index (χ1n) is 8.56. The zero-order valence-electron chi connectivity index (χ0n) is 14.6. The molecule has 1 aliphatic rings. The Balaban J connectivity index is 1.75. The zero-order valence-corrected chi connectivity index (χ0v) is 14.6. The third kappa shape index (κ3) is 4.03. The number of nitrogens with one attached hydrogen (secondary N) is 1. The van der Waals surface area contributed by atoms with Gasteiger partial charge in [0, 0.05) is 13.5 Å². The highest BCUT2D eigenvalue weighted by Gasteiger charge is 2.38. The van der Waals surface area contributed by atoms with Crippen LogP contribution in [0.25, 0.3) is 0 Å². The summed E-state index contributed by atoms with van der Waals surface area (Å²) in [5.74, 6) is -0.224. The molecule has 2 aromatic rings. The normalized spacial score (nSPS) is 16.7. The number of amides is 2. The second kappa shape index (κ2) is 8.01. The molecule has 0 unspecified atom stereocenters. The van der Waals surface area contributed by atoms with Gasteiger partial charge in [-0.25, -0.2) is 4.79 Å². The summed E-state index contributed by atoms with van der Waals surface area (Å²) in [6.45, 7) is 1.63. The molecule has 0 aromatic heterocycles. The number of rotatable bonds is 5. The van der Waals surface area contributed by atoms with Crippen molar-refractivity contribution in [2.24, 2.45) is 0 Å². The highest BCUT2D eigenvalue weighted by Crippen LogP contribution is 2.34. The maximum absolute atomic E-state index is 12.7. The molecule has 0 saturated heterocycles. The lowest BCUT2D eigenvalue weighted by molar-refractivity contribution is -0.119. The first kappa shape index (κ1) is 17.9. The molecule has 0 radical (unpaired) electrons. The van der Waals surface area contributed by atoms with Gasteiger partial charge in [0.1, 0.15) is 6.61 Å². The number of aliphatic hydroxyl groups is 1. The van der Waals surface area contributed by atoms with Gasteiger partial charge in [-0.05, 0) is 23.6 Å². The van der Waals surface area contributed by atoms with E-state index in [1.165, 1.54) is 11.8 Å². The molecule has 6 nitrogen and oxygen atoms in total. The van der Waals surface area contributed by atoms with Crippen molar-refractivity contribution in [3.8, 4) is 0 Å². The van der Waals surface area contributed by atoms with Crippen LogP contribution in [0.2, 0.25) is 0 Å². The predicted octanol–water partition coefficient (Wildman–Crippen LogP) is 2.25. The molecule has 0 aliphatic carbocycles. The van der Waals surface area contributed by atoms with Crippen LogP contribution in [-0.2, 0) is 22.6 Å². The highest BCUT2D eigenvalue weighted by atomic mass is 16.6. The second-order valence-electron chi connectivity index (χ2n) is 6.31. The molecule has 0 spiro atoms. The van der Waals surface area contributed by atoms with Gasteiger partial charge in [-0.1, -0.05) is 48.5 Å². The van der Waals surface area contributed by atoms with Crippen molar-refractivity contribution in [1.82, 2.24) is 5.32 Å². The van der Waals surface area contributed by atoms with Crippen LogP contribution < -0.4 is 10.2 Å². The van der Waals surface area contributed by atoms with Crippen LogP contribution in [0.4, 0.5) is 10.5 Å². The van der Waals surface area contributed by atoms with E-state index in [0.29, 0.717) is 6.42 Å². The van der Waals surface area contributed by atoms with Crippen molar-refractivity contribution < 1.29 is 19.4 Å². The van der Waals surface area contributed by atoms with Crippen LogP contribution in [0.15, 0.2) is 54.6 Å². The number of carbonyl (C=O) groups is 2. The van der Waals surface area contributed by atoms with Crippen LogP contribution in [0.5, 0.6) is 0 Å². The summed E-state index contributed by atoms with van der Waals surface area (Å²) < 4.78 is 5.46. The van der Waals surface area contributed by atoms with E-state index in [9.17, 15) is 14.7 Å². The third-order valence-corrected chi connectivity index (χ3v) is 4.42. The fourth-order valence-corrected chi connectivity index (χ4v) is 3.13. The van der Waals surface area contributed by atoms with Crippen molar-refractivity contribution in [3.05, 3.63) is 65.7 Å². The number of hydrogen-bond acceptors (Lipinski definition) is 4. The number of fused-ring (bicyclic) bond motifs is 1. The minimum Gasteiger partial charge on any atom is -0.444 e. The van der Waals surface area contributed by atoms with Crippen molar-refractivity contribution in [1.29, 1.82) is 0 Å². The van der Waals surface area contributed by atoms with E-state index < -0.39 is 18.2 Å². The Morgan fingerprint density at radius 1 is 1.19 bits per heavy atom. The van der Waals surface area contributed by atoms with E-state index in [2.05, 4.69) is 5.32 Å². The highest BCUT2D eigenvalue weighted by molar-refractivity contribution is 5.91. The topological polar surface area (TPSA) is 78.9 Å². The average molecular weight is 354 g/mol. The molecule has 2 atom stereocenters. The van der Waals surface area contributed by atoms with Gasteiger partial charge in [-0.2, -0.15) is 0 Å². The van der Waals surface area contributed by atoms with E-state index in [1.807, 2.05) is 54.6 Å². The lowest BCUT2D eigenvalue weighted by Gasteiger charge is -2.28. The van der Waals surface area contributed by atoms with Crippen LogP contribution in [0.1, 0.15) is 18.1 Å². The van der Waals surface area contributed by atoms with Crippen LogP contribution >= 0.6 is 0 Å². The van der Waals surface area contributed by atoms with Gasteiger partial charge in [-0.15, -0.1) is 0 Å². The zero-order chi connectivity index (χ0) is 18.5. The monoisotopic (exact) mass is 354 g/mol. The molecule has 26 heavy (non-hydrogen) atoms. The minimum atomic E-state index is -0.893. The van der Waals surface area contributed by atoms with E-state index in [1.54, 1.807) is 0 Å². The summed E-state index contributed by atoms with van der Waals surface area (Å²) in [6, 6.07) is 16.5. The van der Waals surface area contributed by atoms with Gasteiger partial charge in [-0.3, -0.25) is 9.69 Å². The average Bonchev–Trinajstić information content (AvgIpc) is 3.04. The Labute approximate surface area is 152 Å². The number of aliphatic hydroxyl groups excluding tert-OH is 1. The van der Waals surface area contributed by atoms with E-state index in [0.717, 1.165) is 16.8 Å². The van der Waals surface area contributed by atoms with Crippen molar-refractivity contribution >= 4 is 17.7 Å². The van der Waals surface area contributed by atoms with Gasteiger partial charge >= 0.3 is 6.09 Å². The molecule has 3 rings (SSSR count). The molecule has 0 bridgehead atoms. The predicted molar refractivity (Wildman–Crippen MR) is 97.7 cm³/mol. The summed E-state index contributed by atoms with van der Waals surface area (Å²) in [7, 11) is 0. The SMILES string of the molecule is CC(=O)NC[C@H](O)[C@@H]1Cc2ccccc2N1C(=O)OCc1ccccc1. The number of hydrogen-bond donors (Lipinski definition) is 2. The van der Waals surface area contributed by atoms with Crippen LogP contribution in [0.3, 0.4) is 0 Å². The quantitative estimate of drug-likeness (QED) is 0.863. The Bertz CT molecular complexity index is 778. The molecule has 2 N–H and O–H groups in total. The fraction of sp³-hybridized carbons (Fsp3) is 0.300. The van der Waals surface area contributed by atoms with Crippen molar-refractivity contribution in [2.45, 2.75) is 32.1 Å². The molecule has 2 amide bonds. The standard InChI is InChI=1S/C20H22N2O4/c1-14(23)21-12-19(24)18-11-16-9-5-6-10-17(16)22(18)20(25)26-13-15-7-3-2-4-8-15/h2-10,18-19,24H,11-13H2,1H3,(H,21,23)/t18-,19-/m0/s1. The summed E-state index contributed by atoms with van der Waals surface area (Å²) in [6.07, 6.45) is -0.890. The summed E-state index contributed by atoms with van der Waals surface area (Å²) in [5.41, 5.74) is 2.59. The number of ether oxygens (including phenoxy) is 1. The van der Waals surface area contributed by atoms with Gasteiger partial charge in [0.15, 0.2) is 0 Å². The number of nitrogens with zero attached hydrogens (tertiary/aromatic N) is 1. The van der Waals surface area contributed by atoms with Crippen molar-refractivity contribution in [3.63, 3.8) is 0 Å². The Morgan fingerprint density at radius 3 is 2.62 bits per heavy atom. The lowest BCUT2D eigenvalue weighted by Crippen LogP contribution is -2.49. The lowest BCUT2D eigenvalue weighted by atomic mass is 10.1. The fourth-order valence-electron chi connectivity index (χ4n) is 3.13. The number of benzene rings is 2. The molecular weight excluding hydrogens is 332 g/mol. The largest absolute Gasteiger partial charge is 0.444 e. The Hall–Kier alpha value is -2.86. The maximum atomic E-state index is 12.7. The summed E-state index contributed by atoms with van der Waals surface area (Å²) >= 11 is 0. The number of anilines is 1. The first-order chi connectivity index (χ1) is 12.6. The maximum Gasteiger partial charge on any atom is 0.414 e. The molecule has 2 aromatic carbocycles. The van der Waals surface area contributed by atoms with E-state index in [-0.39, 0.29) is 19.1 Å². The molecule has 0 fully saturated rings. The molecular formula is C20H22N2O4. The van der Waals surface area contributed by atoms with Gasteiger partial charge < -0.3 is 15.2 Å². The molecule has 1 heterocycles. The summed E-state index contributed by atoms with van der Waals surface area (Å²) in [4.78, 5) is 25.4. The molecule has 6 heteroatoms. The van der Waals surface area contributed by atoms with Crippen molar-refractivity contribution in [2.75, 3.05) is 11.4 Å². The van der Waals surface area contributed by atoms with Gasteiger partial charge in [0.05, 0.1) is 17.8 Å². The summed E-state index contributed by atoms with van der Waals surface area (Å²) in [5, 5.41) is 13.1. The molecule has 1 aliphatic heterocycles. The minimum absolute atomic E-state index is 0.0798. The van der Waals surface area contributed by atoms with Gasteiger partial charge in [0.2, 0.25) is 5.91 Å². The van der Waals surface area contributed by atoms with E-state index in [4.69, 9.17) is 4.74 Å². The smallest absolute Gasteiger partial charge is 0.414 e. The van der Waals surface area contributed by atoms with Crippen LogP contribution in [-0.4, -0.2) is 35.8 Å². The molecule has 0 saturated carbocycles. The number of carbonyl (C=O) groups excluding carboxylic acids is 2. The Morgan fingerprint density at radius 2 is 1.88 bits per heavy atom. The Kier molecular flexibility index (Phi) is 5.53. The van der Waals surface area contributed by atoms with Crippen LogP contribution in [0, 0.1) is 0 Å².